The predicted octanol–water partition coefficient (Wildman–Crippen LogP) is 1.42. The van der Waals surface area contributed by atoms with Gasteiger partial charge < -0.3 is 19.6 Å². The van der Waals surface area contributed by atoms with Crippen molar-refractivity contribution in [3.63, 3.8) is 0 Å². The SMILES string of the molecule is CC(=O)N(CC(=O)O)CC1CN(C(=O)c2cccc(Cl)c2C)CCO1. The molecule has 7 nitrogen and oxygen atoms in total. The monoisotopic (exact) mass is 368 g/mol. The van der Waals surface area contributed by atoms with Crippen molar-refractivity contribution in [3.8, 4) is 0 Å². The van der Waals surface area contributed by atoms with Crippen LogP contribution in [-0.2, 0) is 14.3 Å². The van der Waals surface area contributed by atoms with Crippen LogP contribution in [0, 0.1) is 6.92 Å². The summed E-state index contributed by atoms with van der Waals surface area (Å²) >= 11 is 6.08. The van der Waals surface area contributed by atoms with Crippen molar-refractivity contribution in [2.75, 3.05) is 32.8 Å². The van der Waals surface area contributed by atoms with Gasteiger partial charge in [0.1, 0.15) is 6.54 Å². The second kappa shape index (κ2) is 8.31. The van der Waals surface area contributed by atoms with E-state index < -0.39 is 18.6 Å². The van der Waals surface area contributed by atoms with Crippen molar-refractivity contribution < 1.29 is 24.2 Å². The summed E-state index contributed by atoms with van der Waals surface area (Å²) < 4.78 is 5.60. The third-order valence-corrected chi connectivity index (χ3v) is 4.53. The lowest BCUT2D eigenvalue weighted by molar-refractivity contribution is -0.145. The molecule has 1 unspecified atom stereocenters. The summed E-state index contributed by atoms with van der Waals surface area (Å²) in [4.78, 5) is 38.1. The van der Waals surface area contributed by atoms with E-state index in [1.54, 1.807) is 30.0 Å². The van der Waals surface area contributed by atoms with E-state index in [2.05, 4.69) is 0 Å². The standard InChI is InChI=1S/C17H21ClN2O5/c1-11-14(4-3-5-15(11)18)17(24)19-6-7-25-13(8-19)9-20(12(2)21)10-16(22)23/h3-5,13H,6-10H2,1-2H3,(H,22,23). The Morgan fingerprint density at radius 2 is 2.12 bits per heavy atom. The highest BCUT2D eigenvalue weighted by Gasteiger charge is 2.28. The van der Waals surface area contributed by atoms with E-state index >= 15 is 0 Å². The molecular formula is C17H21ClN2O5. The largest absolute Gasteiger partial charge is 0.480 e. The molecule has 2 rings (SSSR count). The molecule has 1 saturated heterocycles. The lowest BCUT2D eigenvalue weighted by Crippen LogP contribution is -2.51. The van der Waals surface area contributed by atoms with E-state index in [4.69, 9.17) is 21.4 Å². The molecule has 1 aliphatic rings. The van der Waals surface area contributed by atoms with Crippen LogP contribution in [-0.4, -0.2) is 71.6 Å². The van der Waals surface area contributed by atoms with E-state index in [9.17, 15) is 14.4 Å². The van der Waals surface area contributed by atoms with E-state index in [-0.39, 0.29) is 24.9 Å². The Kier molecular flexibility index (Phi) is 6.39. The zero-order valence-electron chi connectivity index (χ0n) is 14.2. The van der Waals surface area contributed by atoms with Crippen LogP contribution >= 0.6 is 11.6 Å². The average molecular weight is 369 g/mol. The fraction of sp³-hybridized carbons (Fsp3) is 0.471. The van der Waals surface area contributed by atoms with Gasteiger partial charge in [0, 0.05) is 37.1 Å². The topological polar surface area (TPSA) is 87.2 Å². The lowest BCUT2D eigenvalue weighted by Gasteiger charge is -2.35. The molecule has 0 saturated carbocycles. The minimum atomic E-state index is -1.09. The quantitative estimate of drug-likeness (QED) is 0.849. The van der Waals surface area contributed by atoms with Gasteiger partial charge in [0.2, 0.25) is 5.91 Å². The van der Waals surface area contributed by atoms with Crippen LogP contribution in [0.5, 0.6) is 0 Å². The summed E-state index contributed by atoms with van der Waals surface area (Å²) in [6.45, 7) is 3.88. The zero-order chi connectivity index (χ0) is 18.6. The summed E-state index contributed by atoms with van der Waals surface area (Å²) in [5.74, 6) is -1.59. The van der Waals surface area contributed by atoms with Gasteiger partial charge in [0.25, 0.3) is 5.91 Å². The number of carboxylic acid groups (broad SMARTS) is 1. The highest BCUT2D eigenvalue weighted by molar-refractivity contribution is 6.31. The van der Waals surface area contributed by atoms with Crippen molar-refractivity contribution in [2.45, 2.75) is 20.0 Å². The van der Waals surface area contributed by atoms with Gasteiger partial charge in [0.15, 0.2) is 0 Å². The van der Waals surface area contributed by atoms with Crippen LogP contribution in [0.3, 0.4) is 0 Å². The van der Waals surface area contributed by atoms with Crippen molar-refractivity contribution in [1.29, 1.82) is 0 Å². The molecule has 136 valence electrons. The third-order valence-electron chi connectivity index (χ3n) is 4.12. The van der Waals surface area contributed by atoms with Gasteiger partial charge >= 0.3 is 5.97 Å². The smallest absolute Gasteiger partial charge is 0.323 e. The van der Waals surface area contributed by atoms with Crippen molar-refractivity contribution in [1.82, 2.24) is 9.80 Å². The summed E-state index contributed by atoms with van der Waals surface area (Å²) in [7, 11) is 0. The molecule has 0 bridgehead atoms. The number of rotatable bonds is 5. The molecule has 0 radical (unpaired) electrons. The number of morpholine rings is 1. The number of ether oxygens (including phenoxy) is 1. The fourth-order valence-corrected chi connectivity index (χ4v) is 2.91. The van der Waals surface area contributed by atoms with Crippen molar-refractivity contribution in [2.24, 2.45) is 0 Å². The molecule has 0 aromatic heterocycles. The van der Waals surface area contributed by atoms with Gasteiger partial charge in [-0.1, -0.05) is 17.7 Å². The van der Waals surface area contributed by atoms with E-state index in [0.717, 1.165) is 0 Å². The third kappa shape index (κ3) is 4.93. The second-order valence-corrected chi connectivity index (χ2v) is 6.36. The number of carbonyl (C=O) groups excluding carboxylic acids is 2. The van der Waals surface area contributed by atoms with Gasteiger partial charge in [0.05, 0.1) is 12.7 Å². The Morgan fingerprint density at radius 3 is 2.76 bits per heavy atom. The predicted molar refractivity (Wildman–Crippen MR) is 91.7 cm³/mol. The molecule has 1 aliphatic heterocycles. The van der Waals surface area contributed by atoms with Crippen molar-refractivity contribution in [3.05, 3.63) is 34.3 Å². The molecular weight excluding hydrogens is 348 g/mol. The van der Waals surface area contributed by atoms with E-state index in [1.165, 1.54) is 11.8 Å². The number of carboxylic acids is 1. The second-order valence-electron chi connectivity index (χ2n) is 5.95. The molecule has 1 heterocycles. The maximum absolute atomic E-state index is 12.8. The Labute approximate surface area is 151 Å². The molecule has 1 aromatic carbocycles. The molecule has 0 spiro atoms. The maximum Gasteiger partial charge on any atom is 0.323 e. The van der Waals surface area contributed by atoms with Crippen LogP contribution in [0.4, 0.5) is 0 Å². The first-order chi connectivity index (χ1) is 11.8. The van der Waals surface area contributed by atoms with Crippen LogP contribution in [0.15, 0.2) is 18.2 Å². The van der Waals surface area contributed by atoms with Gasteiger partial charge in [-0.05, 0) is 24.6 Å². The highest BCUT2D eigenvalue weighted by Crippen LogP contribution is 2.21. The molecule has 1 atom stereocenters. The van der Waals surface area contributed by atoms with Crippen LogP contribution in [0.2, 0.25) is 5.02 Å². The highest BCUT2D eigenvalue weighted by atomic mass is 35.5. The van der Waals surface area contributed by atoms with Crippen molar-refractivity contribution >= 4 is 29.4 Å². The first-order valence-electron chi connectivity index (χ1n) is 7.93. The van der Waals surface area contributed by atoms with Gasteiger partial charge in [-0.2, -0.15) is 0 Å². The Balaban J connectivity index is 2.07. The molecule has 1 aromatic rings. The minimum absolute atomic E-state index is 0.125. The Bertz CT molecular complexity index is 679. The van der Waals surface area contributed by atoms with Crippen LogP contribution in [0.1, 0.15) is 22.8 Å². The number of halogens is 1. The minimum Gasteiger partial charge on any atom is -0.480 e. The average Bonchev–Trinajstić information content (AvgIpc) is 2.56. The van der Waals surface area contributed by atoms with Crippen LogP contribution in [0.25, 0.3) is 0 Å². The first-order valence-corrected chi connectivity index (χ1v) is 8.30. The number of benzene rings is 1. The summed E-state index contributed by atoms with van der Waals surface area (Å²) in [6.07, 6.45) is -0.430. The Morgan fingerprint density at radius 1 is 1.40 bits per heavy atom. The fourth-order valence-electron chi connectivity index (χ4n) is 2.74. The summed E-state index contributed by atoms with van der Waals surface area (Å²) in [5.41, 5.74) is 1.25. The zero-order valence-corrected chi connectivity index (χ0v) is 15.0. The maximum atomic E-state index is 12.8. The summed E-state index contributed by atoms with van der Waals surface area (Å²) in [5, 5.41) is 9.42. The number of carbonyl (C=O) groups is 3. The first kappa shape index (κ1) is 19.2. The van der Waals surface area contributed by atoms with Crippen LogP contribution < -0.4 is 0 Å². The molecule has 1 fully saturated rings. The van der Waals surface area contributed by atoms with Gasteiger partial charge in [-0.15, -0.1) is 0 Å². The normalized spacial score (nSPS) is 17.2. The Hall–Kier alpha value is -2.12. The van der Waals surface area contributed by atoms with Gasteiger partial charge in [-0.25, -0.2) is 0 Å². The number of hydrogen-bond acceptors (Lipinski definition) is 4. The van der Waals surface area contributed by atoms with E-state index in [1.807, 2.05) is 0 Å². The number of amides is 2. The summed E-state index contributed by atoms with van der Waals surface area (Å²) in [6, 6.07) is 5.18. The molecule has 8 heteroatoms. The lowest BCUT2D eigenvalue weighted by atomic mass is 10.1. The van der Waals surface area contributed by atoms with Gasteiger partial charge in [-0.3, -0.25) is 14.4 Å². The number of nitrogens with zero attached hydrogens (tertiary/aromatic N) is 2. The molecule has 25 heavy (non-hydrogen) atoms. The molecule has 0 aliphatic carbocycles. The number of aliphatic carboxylic acids is 1. The number of hydrogen-bond donors (Lipinski definition) is 1. The molecule has 1 N–H and O–H groups in total. The van der Waals surface area contributed by atoms with E-state index in [0.29, 0.717) is 29.3 Å². The molecule has 2 amide bonds.